The zero-order valence-corrected chi connectivity index (χ0v) is 14.7. The summed E-state index contributed by atoms with van der Waals surface area (Å²) in [5.41, 5.74) is 1.65. The molecule has 0 aromatic heterocycles. The van der Waals surface area contributed by atoms with Crippen molar-refractivity contribution in [2.75, 3.05) is 6.54 Å². The second-order valence-corrected chi connectivity index (χ2v) is 7.43. The lowest BCUT2D eigenvalue weighted by Crippen LogP contribution is -2.43. The van der Waals surface area contributed by atoms with Gasteiger partial charge < -0.3 is 0 Å². The van der Waals surface area contributed by atoms with Crippen LogP contribution in [-0.4, -0.2) is 23.6 Å². The number of hydrazine groups is 1. The summed E-state index contributed by atoms with van der Waals surface area (Å²) in [5.74, 6) is -0.404. The zero-order chi connectivity index (χ0) is 17.7. The second-order valence-electron chi connectivity index (χ2n) is 6.58. The summed E-state index contributed by atoms with van der Waals surface area (Å²) in [5, 5.41) is 2.21. The summed E-state index contributed by atoms with van der Waals surface area (Å²) >= 11 is 3.38. The molecule has 2 aromatic carbocycles. The highest BCUT2D eigenvalue weighted by Crippen LogP contribution is 2.43. The lowest BCUT2D eigenvalue weighted by atomic mass is 9.93. The van der Waals surface area contributed by atoms with Gasteiger partial charge in [0.1, 0.15) is 0 Å². The van der Waals surface area contributed by atoms with Crippen molar-refractivity contribution >= 4 is 32.6 Å². The van der Waals surface area contributed by atoms with Gasteiger partial charge in [-0.25, -0.2) is 5.01 Å². The maximum atomic E-state index is 13.9. The molecule has 0 radical (unpaired) electrons. The number of amides is 1. The Bertz CT molecular complexity index is 804. The average molecular weight is 401 g/mol. The molecular formula is C17H16BrF3N2O. The van der Waals surface area contributed by atoms with E-state index in [9.17, 15) is 18.0 Å². The van der Waals surface area contributed by atoms with Gasteiger partial charge in [0.15, 0.2) is 6.04 Å². The maximum Gasteiger partial charge on any atom is 0.409 e. The van der Waals surface area contributed by atoms with E-state index in [-0.39, 0.29) is 12.1 Å². The van der Waals surface area contributed by atoms with Gasteiger partial charge in [-0.1, -0.05) is 46.3 Å². The van der Waals surface area contributed by atoms with Gasteiger partial charge in [0.05, 0.1) is 5.41 Å². The number of fused-ring (bicyclic) bond motifs is 1. The van der Waals surface area contributed by atoms with Crippen molar-refractivity contribution < 1.29 is 18.0 Å². The molecule has 2 aromatic rings. The van der Waals surface area contributed by atoms with Crippen molar-refractivity contribution in [1.29, 1.82) is 0 Å². The van der Waals surface area contributed by atoms with Crippen LogP contribution in [0, 0.1) is 5.41 Å². The third-order valence-electron chi connectivity index (χ3n) is 4.25. The van der Waals surface area contributed by atoms with Crippen molar-refractivity contribution in [3.05, 3.63) is 46.4 Å². The molecule has 3 rings (SSSR count). The minimum absolute atomic E-state index is 0.0135. The Labute approximate surface area is 145 Å². The number of hydrogen-bond acceptors (Lipinski definition) is 2. The molecule has 1 fully saturated rings. The highest BCUT2D eigenvalue weighted by Gasteiger charge is 2.51. The summed E-state index contributed by atoms with van der Waals surface area (Å²) in [7, 11) is 0. The van der Waals surface area contributed by atoms with Gasteiger partial charge in [0, 0.05) is 11.0 Å². The van der Waals surface area contributed by atoms with Crippen LogP contribution in [0.4, 0.5) is 13.2 Å². The molecule has 1 heterocycles. The summed E-state index contributed by atoms with van der Waals surface area (Å²) in [6.45, 7) is 3.26. The first kappa shape index (κ1) is 17.2. The fourth-order valence-electron chi connectivity index (χ4n) is 3.02. The van der Waals surface area contributed by atoms with Crippen LogP contribution in [-0.2, 0) is 4.79 Å². The Morgan fingerprint density at radius 3 is 2.33 bits per heavy atom. The van der Waals surface area contributed by atoms with Gasteiger partial charge in [-0.05, 0) is 36.2 Å². The molecule has 24 heavy (non-hydrogen) atoms. The lowest BCUT2D eigenvalue weighted by Gasteiger charge is -2.30. The van der Waals surface area contributed by atoms with Crippen LogP contribution in [0.5, 0.6) is 0 Å². The minimum Gasteiger partial charge on any atom is -0.287 e. The fraction of sp³-hybridized carbons (Fsp3) is 0.353. The number of halogens is 4. The van der Waals surface area contributed by atoms with Gasteiger partial charge in [-0.2, -0.15) is 13.2 Å². The van der Waals surface area contributed by atoms with Crippen molar-refractivity contribution in [2.45, 2.75) is 26.1 Å². The first-order valence-corrected chi connectivity index (χ1v) is 8.22. The van der Waals surface area contributed by atoms with E-state index in [2.05, 4.69) is 21.4 Å². The normalized spacial score (nSPS) is 19.5. The predicted octanol–water partition coefficient (Wildman–Crippen LogP) is 4.58. The molecule has 1 aliphatic rings. The number of benzene rings is 2. The lowest BCUT2D eigenvalue weighted by molar-refractivity contribution is -0.191. The number of nitrogens with one attached hydrogen (secondary N) is 1. The molecule has 128 valence electrons. The van der Waals surface area contributed by atoms with E-state index in [1.807, 2.05) is 0 Å². The van der Waals surface area contributed by atoms with Crippen LogP contribution >= 0.6 is 15.9 Å². The van der Waals surface area contributed by atoms with E-state index in [4.69, 9.17) is 0 Å². The first-order chi connectivity index (χ1) is 11.1. The summed E-state index contributed by atoms with van der Waals surface area (Å²) in [6.07, 6.45) is -4.52. The average Bonchev–Trinajstić information content (AvgIpc) is 2.74. The molecule has 1 atom stereocenters. The van der Waals surface area contributed by atoms with E-state index >= 15 is 0 Å². The van der Waals surface area contributed by atoms with Crippen LogP contribution in [0.3, 0.4) is 0 Å². The van der Waals surface area contributed by atoms with Crippen LogP contribution in [0.1, 0.15) is 25.5 Å². The summed E-state index contributed by atoms with van der Waals surface area (Å²) in [6, 6.07) is 8.08. The Hall–Kier alpha value is -1.60. The Morgan fingerprint density at radius 1 is 1.17 bits per heavy atom. The van der Waals surface area contributed by atoms with Crippen LogP contribution < -0.4 is 5.43 Å². The van der Waals surface area contributed by atoms with Crippen molar-refractivity contribution in [1.82, 2.24) is 10.4 Å². The Morgan fingerprint density at radius 2 is 1.79 bits per heavy atom. The van der Waals surface area contributed by atoms with E-state index in [1.54, 1.807) is 44.2 Å². The number of nitrogens with zero attached hydrogens (tertiary/aromatic N) is 1. The third-order valence-corrected chi connectivity index (χ3v) is 4.94. The predicted molar refractivity (Wildman–Crippen MR) is 89.1 cm³/mol. The maximum absolute atomic E-state index is 13.9. The molecule has 1 aliphatic heterocycles. The molecule has 1 saturated heterocycles. The topological polar surface area (TPSA) is 32.3 Å². The third kappa shape index (κ3) is 2.91. The molecule has 0 bridgehead atoms. The Balaban J connectivity index is 2.16. The van der Waals surface area contributed by atoms with E-state index in [1.165, 1.54) is 6.07 Å². The molecular weight excluding hydrogens is 385 g/mol. The van der Waals surface area contributed by atoms with E-state index < -0.39 is 23.5 Å². The second kappa shape index (κ2) is 5.74. The smallest absolute Gasteiger partial charge is 0.287 e. The molecule has 0 aliphatic carbocycles. The van der Waals surface area contributed by atoms with Crippen LogP contribution in [0.2, 0.25) is 0 Å². The molecule has 0 saturated carbocycles. The molecule has 7 heteroatoms. The summed E-state index contributed by atoms with van der Waals surface area (Å²) < 4.78 is 42.3. The number of alkyl halides is 3. The highest BCUT2D eigenvalue weighted by molar-refractivity contribution is 9.10. The molecule has 1 amide bonds. The SMILES string of the molecule is CC1(C)CN([C@@H](c2ccc(Br)c3ccccc23)C(F)(F)F)NC1=O. The zero-order valence-electron chi connectivity index (χ0n) is 13.1. The monoisotopic (exact) mass is 400 g/mol. The van der Waals surface area contributed by atoms with Crippen molar-refractivity contribution in [3.8, 4) is 0 Å². The standard InChI is InChI=1S/C17H16BrF3N2O/c1-16(2)9-23(22-15(16)24)14(17(19,20)21)12-7-8-13(18)11-6-4-3-5-10(11)12/h3-8,14H,9H2,1-2H3,(H,22,24)/t14-/m0/s1. The van der Waals surface area contributed by atoms with Crippen molar-refractivity contribution in [3.63, 3.8) is 0 Å². The fourth-order valence-corrected chi connectivity index (χ4v) is 3.50. The van der Waals surface area contributed by atoms with E-state index in [0.29, 0.717) is 10.8 Å². The number of rotatable bonds is 2. The van der Waals surface area contributed by atoms with Gasteiger partial charge >= 0.3 is 6.18 Å². The number of hydrogen-bond donors (Lipinski definition) is 1. The quantitative estimate of drug-likeness (QED) is 0.799. The minimum atomic E-state index is -4.52. The number of carbonyl (C=O) groups is 1. The Kier molecular flexibility index (Phi) is 4.12. The first-order valence-electron chi connectivity index (χ1n) is 7.43. The van der Waals surface area contributed by atoms with Crippen LogP contribution in [0.25, 0.3) is 10.8 Å². The van der Waals surface area contributed by atoms with E-state index in [0.717, 1.165) is 9.48 Å². The highest BCUT2D eigenvalue weighted by atomic mass is 79.9. The van der Waals surface area contributed by atoms with Gasteiger partial charge in [-0.3, -0.25) is 10.2 Å². The summed E-state index contributed by atoms with van der Waals surface area (Å²) in [4.78, 5) is 12.0. The molecule has 1 N–H and O–H groups in total. The van der Waals surface area contributed by atoms with Crippen molar-refractivity contribution in [2.24, 2.45) is 5.41 Å². The van der Waals surface area contributed by atoms with Gasteiger partial charge in [0.25, 0.3) is 0 Å². The van der Waals surface area contributed by atoms with Gasteiger partial charge in [0.2, 0.25) is 5.91 Å². The molecule has 0 spiro atoms. The molecule has 0 unspecified atom stereocenters. The largest absolute Gasteiger partial charge is 0.409 e. The number of carbonyl (C=O) groups excluding carboxylic acids is 1. The van der Waals surface area contributed by atoms with Gasteiger partial charge in [-0.15, -0.1) is 0 Å². The van der Waals surface area contributed by atoms with Crippen LogP contribution in [0.15, 0.2) is 40.9 Å². The molecule has 3 nitrogen and oxygen atoms in total.